The number of aliphatic hydroxyl groups excluding tert-OH is 5. The number of carbonyl (C=O) groups is 2. The molecule has 0 aromatic heterocycles. The van der Waals surface area contributed by atoms with Gasteiger partial charge in [0.25, 0.3) is 0 Å². The van der Waals surface area contributed by atoms with Crippen molar-refractivity contribution in [1.82, 2.24) is 5.32 Å². The Morgan fingerprint density at radius 3 is 1.36 bits per heavy atom. The molecule has 11 nitrogen and oxygen atoms in total. The SMILES string of the molecule is CC/C=C\C/C=C\C/C=C\C/C=C\C/C=C\CCCCCCCCCCCCC(O)C(=O)NC(COC1OC(CO)C(O)C(O)C1OC(=O)CCCCCCCCC/C=C\CCCCCC)C(O)/C=C/CCCCCCCCCCC. The minimum Gasteiger partial charge on any atom is -0.454 e. The number of ether oxygens (including phenoxy) is 3. The second-order valence-corrected chi connectivity index (χ2v) is 22.8. The van der Waals surface area contributed by atoms with Crippen LogP contribution in [0.15, 0.2) is 85.1 Å². The minimum absolute atomic E-state index is 0.117. The average molecular weight is 1140 g/mol. The van der Waals surface area contributed by atoms with E-state index in [1.54, 1.807) is 6.08 Å². The van der Waals surface area contributed by atoms with Crippen LogP contribution in [-0.2, 0) is 23.8 Å². The summed E-state index contributed by atoms with van der Waals surface area (Å²) in [6.45, 7) is 5.66. The molecule has 1 heterocycles. The lowest BCUT2D eigenvalue weighted by Gasteiger charge is -2.41. The zero-order valence-electron chi connectivity index (χ0n) is 51.9. The monoisotopic (exact) mass is 1140 g/mol. The van der Waals surface area contributed by atoms with Gasteiger partial charge in [-0.15, -0.1) is 0 Å². The van der Waals surface area contributed by atoms with Gasteiger partial charge in [-0.3, -0.25) is 9.59 Å². The first kappa shape index (κ1) is 75.9. The van der Waals surface area contributed by atoms with Crippen LogP contribution < -0.4 is 5.32 Å². The van der Waals surface area contributed by atoms with Crippen molar-refractivity contribution in [3.8, 4) is 0 Å². The number of unbranched alkanes of at least 4 members (excludes halogenated alkanes) is 30. The highest BCUT2D eigenvalue weighted by Crippen LogP contribution is 2.26. The topological polar surface area (TPSA) is 175 Å². The van der Waals surface area contributed by atoms with E-state index in [9.17, 15) is 35.1 Å². The van der Waals surface area contributed by atoms with Crippen molar-refractivity contribution in [3.05, 3.63) is 85.1 Å². The molecule has 6 N–H and O–H groups in total. The third-order valence-electron chi connectivity index (χ3n) is 15.3. The molecular formula is C70H123NO10. The van der Waals surface area contributed by atoms with Gasteiger partial charge in [-0.1, -0.05) is 266 Å². The standard InChI is InChI=1S/C70H123NO10/c1-4-7-10-13-16-19-22-24-26-27-28-29-30-31-32-33-34-35-36-38-39-42-45-48-51-54-57-63(74)69(78)71-61(62(73)56-53-50-47-44-41-21-18-15-12-9-6-3)60-79-70-68(67(77)66(76)64(59-72)80-70)81-65(75)58-55-52-49-46-43-40-37-25-23-20-17-14-11-8-5-2/h7,10,16,19-20,23-24,26,28-29,31-32,53,56,61-64,66-68,70,72-74,76-77H,4-6,8-9,11-15,17-18,21-22,25,27,30,33-52,54-55,57-60H2,1-3H3,(H,71,78)/b10-7-,19-16-,23-20-,26-24-,29-28-,32-31-,56-53+. The van der Waals surface area contributed by atoms with Crippen LogP contribution in [0.25, 0.3) is 0 Å². The van der Waals surface area contributed by atoms with Gasteiger partial charge < -0.3 is 45.1 Å². The van der Waals surface area contributed by atoms with Crippen molar-refractivity contribution in [1.29, 1.82) is 0 Å². The van der Waals surface area contributed by atoms with Crippen LogP contribution in [0.4, 0.5) is 0 Å². The maximum Gasteiger partial charge on any atom is 0.306 e. The molecule has 0 radical (unpaired) electrons. The molecule has 0 aromatic carbocycles. The van der Waals surface area contributed by atoms with Crippen LogP contribution in [0.5, 0.6) is 0 Å². The molecule has 0 aliphatic carbocycles. The van der Waals surface area contributed by atoms with E-state index in [1.165, 1.54) is 128 Å². The van der Waals surface area contributed by atoms with Gasteiger partial charge in [0, 0.05) is 6.42 Å². The highest BCUT2D eigenvalue weighted by molar-refractivity contribution is 5.80. The predicted molar refractivity (Wildman–Crippen MR) is 338 cm³/mol. The molecular weight excluding hydrogens is 1010 g/mol. The zero-order chi connectivity index (χ0) is 58.9. The first-order valence-electron chi connectivity index (χ1n) is 33.4. The maximum absolute atomic E-state index is 13.5. The van der Waals surface area contributed by atoms with Crippen molar-refractivity contribution in [2.75, 3.05) is 13.2 Å². The molecule has 1 amide bonds. The number of hydrogen-bond acceptors (Lipinski definition) is 10. The number of carbonyl (C=O) groups excluding carboxylic acids is 2. The van der Waals surface area contributed by atoms with Crippen LogP contribution in [0.1, 0.15) is 284 Å². The molecule has 0 bridgehead atoms. The van der Waals surface area contributed by atoms with Crippen LogP contribution in [-0.4, -0.2) is 99.6 Å². The third kappa shape index (κ3) is 45.0. The molecule has 81 heavy (non-hydrogen) atoms. The van der Waals surface area contributed by atoms with E-state index in [2.05, 4.69) is 99.0 Å². The van der Waals surface area contributed by atoms with E-state index in [1.807, 2.05) is 6.08 Å². The second-order valence-electron chi connectivity index (χ2n) is 22.8. The lowest BCUT2D eigenvalue weighted by atomic mass is 9.99. The predicted octanol–water partition coefficient (Wildman–Crippen LogP) is 16.5. The van der Waals surface area contributed by atoms with Crippen molar-refractivity contribution in [2.24, 2.45) is 0 Å². The number of hydrogen-bond donors (Lipinski definition) is 6. The van der Waals surface area contributed by atoms with Gasteiger partial charge in [0.05, 0.1) is 25.4 Å². The lowest BCUT2D eigenvalue weighted by molar-refractivity contribution is -0.305. The van der Waals surface area contributed by atoms with Gasteiger partial charge in [0.15, 0.2) is 12.4 Å². The molecule has 8 atom stereocenters. The molecule has 1 rings (SSSR count). The van der Waals surface area contributed by atoms with Crippen molar-refractivity contribution in [3.63, 3.8) is 0 Å². The normalized spacial score (nSPS) is 19.2. The molecule has 1 fully saturated rings. The molecule has 1 aliphatic heterocycles. The summed E-state index contributed by atoms with van der Waals surface area (Å²) in [5, 5.41) is 57.1. The van der Waals surface area contributed by atoms with Crippen molar-refractivity contribution >= 4 is 11.9 Å². The number of nitrogens with one attached hydrogen (secondary N) is 1. The van der Waals surface area contributed by atoms with E-state index in [-0.39, 0.29) is 19.4 Å². The summed E-state index contributed by atoms with van der Waals surface area (Å²) in [4.78, 5) is 26.6. The largest absolute Gasteiger partial charge is 0.454 e. The van der Waals surface area contributed by atoms with Crippen LogP contribution >= 0.6 is 0 Å². The van der Waals surface area contributed by atoms with Crippen LogP contribution in [0.2, 0.25) is 0 Å². The summed E-state index contributed by atoms with van der Waals surface area (Å²) in [6.07, 6.45) is 64.8. The van der Waals surface area contributed by atoms with Crippen molar-refractivity contribution in [2.45, 2.75) is 333 Å². The maximum atomic E-state index is 13.5. The Morgan fingerprint density at radius 1 is 0.494 bits per heavy atom. The van der Waals surface area contributed by atoms with Gasteiger partial charge in [-0.2, -0.15) is 0 Å². The molecule has 1 saturated heterocycles. The van der Waals surface area contributed by atoms with E-state index >= 15 is 0 Å². The Morgan fingerprint density at radius 2 is 0.889 bits per heavy atom. The summed E-state index contributed by atoms with van der Waals surface area (Å²) in [6, 6.07) is -1.03. The van der Waals surface area contributed by atoms with Gasteiger partial charge in [0.2, 0.25) is 5.91 Å². The second kappa shape index (κ2) is 57.3. The average Bonchev–Trinajstić information content (AvgIpc) is 3.51. The minimum atomic E-state index is -1.62. The quantitative estimate of drug-likeness (QED) is 0.0195. The fourth-order valence-electron chi connectivity index (χ4n) is 10.0. The van der Waals surface area contributed by atoms with E-state index in [4.69, 9.17) is 14.2 Å². The summed E-state index contributed by atoms with van der Waals surface area (Å²) >= 11 is 0. The Labute approximate surface area is 495 Å². The number of aliphatic hydroxyl groups is 5. The van der Waals surface area contributed by atoms with Gasteiger partial charge in [-0.25, -0.2) is 0 Å². The smallest absolute Gasteiger partial charge is 0.306 e. The number of esters is 1. The summed E-state index contributed by atoms with van der Waals surface area (Å²) in [5.74, 6) is -1.20. The van der Waals surface area contributed by atoms with E-state index in [0.29, 0.717) is 12.8 Å². The Bertz CT molecular complexity index is 1640. The Balaban J connectivity index is 2.58. The van der Waals surface area contributed by atoms with E-state index in [0.717, 1.165) is 109 Å². The fraction of sp³-hybridized carbons (Fsp3) is 0.771. The first-order chi connectivity index (χ1) is 39.7. The lowest BCUT2D eigenvalue weighted by Crippen LogP contribution is -2.61. The third-order valence-corrected chi connectivity index (χ3v) is 15.3. The highest BCUT2D eigenvalue weighted by Gasteiger charge is 2.47. The summed E-state index contributed by atoms with van der Waals surface area (Å²) in [7, 11) is 0. The molecule has 0 saturated carbocycles. The molecule has 1 aliphatic rings. The van der Waals surface area contributed by atoms with Crippen molar-refractivity contribution < 1.29 is 49.3 Å². The molecule has 11 heteroatoms. The highest BCUT2D eigenvalue weighted by atomic mass is 16.7. The summed E-state index contributed by atoms with van der Waals surface area (Å²) in [5.41, 5.74) is 0. The van der Waals surface area contributed by atoms with Crippen LogP contribution in [0.3, 0.4) is 0 Å². The summed E-state index contributed by atoms with van der Waals surface area (Å²) < 4.78 is 17.6. The number of allylic oxidation sites excluding steroid dienone is 13. The first-order valence-corrected chi connectivity index (χ1v) is 33.4. The van der Waals surface area contributed by atoms with Gasteiger partial charge in [0.1, 0.15) is 24.4 Å². The number of rotatable bonds is 56. The van der Waals surface area contributed by atoms with Gasteiger partial charge in [-0.05, 0) is 96.3 Å². The zero-order valence-corrected chi connectivity index (χ0v) is 51.9. The molecule has 468 valence electrons. The molecule has 8 unspecified atom stereocenters. The number of amides is 1. The Hall–Kier alpha value is -3.16. The van der Waals surface area contributed by atoms with Gasteiger partial charge >= 0.3 is 5.97 Å². The molecule has 0 spiro atoms. The van der Waals surface area contributed by atoms with E-state index < -0.39 is 67.4 Å². The molecule has 0 aromatic rings. The fourth-order valence-corrected chi connectivity index (χ4v) is 10.0. The van der Waals surface area contributed by atoms with Crippen LogP contribution in [0, 0.1) is 0 Å². The Kier molecular flexibility index (Phi) is 53.6.